The third kappa shape index (κ3) is 11.1. The Kier molecular flexibility index (Phi) is 13.8. The molecular formula is C31H44ClN3O5S. The smallest absolute Gasteiger partial charge is 0.408 e. The Bertz CT molecular complexity index is 1150. The molecule has 3 amide bonds. The number of alkyl carbamates (subject to hydrolysis) is 1. The van der Waals surface area contributed by atoms with E-state index in [1.54, 1.807) is 56.8 Å². The van der Waals surface area contributed by atoms with E-state index in [0.717, 1.165) is 24.8 Å². The fourth-order valence-electron chi connectivity index (χ4n) is 4.37. The number of ether oxygens (including phenoxy) is 1. The number of phenols is 1. The number of aryl methyl sites for hydroxylation is 1. The number of rotatable bonds is 14. The van der Waals surface area contributed by atoms with E-state index in [1.165, 1.54) is 17.0 Å². The molecule has 226 valence electrons. The number of hydrogen-bond acceptors (Lipinski definition) is 6. The van der Waals surface area contributed by atoms with E-state index in [9.17, 15) is 19.5 Å². The third-order valence-electron chi connectivity index (χ3n) is 6.35. The molecule has 2 atom stereocenters. The number of carbonyl (C=O) groups excluding carboxylic acids is 3. The van der Waals surface area contributed by atoms with Crippen LogP contribution in [-0.4, -0.2) is 58.1 Å². The van der Waals surface area contributed by atoms with Gasteiger partial charge in [0.25, 0.3) is 5.91 Å². The van der Waals surface area contributed by atoms with Crippen molar-refractivity contribution in [1.82, 2.24) is 10.2 Å². The van der Waals surface area contributed by atoms with Crippen LogP contribution in [0.25, 0.3) is 0 Å². The van der Waals surface area contributed by atoms with Crippen LogP contribution in [0.2, 0.25) is 5.02 Å². The first kappa shape index (κ1) is 34.3. The Morgan fingerprint density at radius 2 is 1.80 bits per heavy atom. The zero-order valence-corrected chi connectivity index (χ0v) is 26.5. The Balaban J connectivity index is 2.56. The van der Waals surface area contributed by atoms with Crippen molar-refractivity contribution in [3.8, 4) is 5.75 Å². The number of anilines is 1. The minimum Gasteiger partial charge on any atom is -0.508 e. The van der Waals surface area contributed by atoms with Gasteiger partial charge in [0.15, 0.2) is 0 Å². The molecule has 0 aliphatic heterocycles. The van der Waals surface area contributed by atoms with Gasteiger partial charge in [-0.2, -0.15) is 11.8 Å². The Labute approximate surface area is 253 Å². The number of phenolic OH excluding ortho intramolecular Hbond substituents is 1. The van der Waals surface area contributed by atoms with Gasteiger partial charge in [-0.1, -0.05) is 62.1 Å². The lowest BCUT2D eigenvalue weighted by Gasteiger charge is -2.35. The second-order valence-corrected chi connectivity index (χ2v) is 12.4. The lowest BCUT2D eigenvalue weighted by molar-refractivity contribution is -0.141. The predicted molar refractivity (Wildman–Crippen MR) is 168 cm³/mol. The molecule has 0 aromatic heterocycles. The highest BCUT2D eigenvalue weighted by atomic mass is 35.5. The van der Waals surface area contributed by atoms with Gasteiger partial charge in [0.1, 0.15) is 23.4 Å². The van der Waals surface area contributed by atoms with Crippen molar-refractivity contribution < 1.29 is 24.2 Å². The maximum absolute atomic E-state index is 14.3. The standard InChI is InChI=1S/C31H44ClN3O5S/c1-7-8-9-10-18-35(29(38)25(17-19-41-6)33-30(39)40-31(3,4)5)27(22-14-12-15-23(36)20-22)28(37)34-26-21(2)13-11-16-24(26)32/h11-16,20,25,27,36H,7-10,17-19H2,1-6H3,(H,33,39)(H,34,37). The van der Waals surface area contributed by atoms with Crippen molar-refractivity contribution >= 4 is 47.0 Å². The molecule has 0 saturated carbocycles. The van der Waals surface area contributed by atoms with Gasteiger partial charge in [-0.05, 0) is 81.9 Å². The van der Waals surface area contributed by atoms with Gasteiger partial charge in [-0.25, -0.2) is 4.79 Å². The molecule has 8 nitrogen and oxygen atoms in total. The van der Waals surface area contributed by atoms with Crippen LogP contribution < -0.4 is 10.6 Å². The summed E-state index contributed by atoms with van der Waals surface area (Å²) in [6.45, 7) is 9.47. The molecule has 3 N–H and O–H groups in total. The number of thioether (sulfide) groups is 1. The summed E-state index contributed by atoms with van der Waals surface area (Å²) in [6.07, 6.45) is 5.09. The summed E-state index contributed by atoms with van der Waals surface area (Å²) in [4.78, 5) is 42.6. The van der Waals surface area contributed by atoms with Gasteiger partial charge < -0.3 is 25.4 Å². The molecule has 0 bridgehead atoms. The van der Waals surface area contributed by atoms with Crippen LogP contribution in [0, 0.1) is 6.92 Å². The highest BCUT2D eigenvalue weighted by Crippen LogP contribution is 2.31. The number of unbranched alkanes of at least 4 members (excludes halogenated alkanes) is 3. The number of aromatic hydroxyl groups is 1. The van der Waals surface area contributed by atoms with Gasteiger partial charge in [0.05, 0.1) is 10.7 Å². The molecule has 0 radical (unpaired) electrons. The number of benzene rings is 2. The van der Waals surface area contributed by atoms with Crippen LogP contribution in [0.4, 0.5) is 10.5 Å². The molecule has 0 fully saturated rings. The summed E-state index contributed by atoms with van der Waals surface area (Å²) in [5.74, 6) is -0.298. The predicted octanol–water partition coefficient (Wildman–Crippen LogP) is 7.09. The molecule has 0 aliphatic rings. The number of nitrogens with zero attached hydrogens (tertiary/aromatic N) is 1. The lowest BCUT2D eigenvalue weighted by atomic mass is 10.0. The van der Waals surface area contributed by atoms with Crippen LogP contribution in [0.15, 0.2) is 42.5 Å². The molecule has 2 unspecified atom stereocenters. The summed E-state index contributed by atoms with van der Waals surface area (Å²) in [6, 6.07) is 9.63. The first-order chi connectivity index (χ1) is 19.4. The van der Waals surface area contributed by atoms with Crippen molar-refractivity contribution in [2.75, 3.05) is 23.9 Å². The summed E-state index contributed by atoms with van der Waals surface area (Å²) in [5, 5.41) is 16.4. The molecule has 0 spiro atoms. The number of amides is 3. The fraction of sp³-hybridized carbons (Fsp3) is 0.516. The van der Waals surface area contributed by atoms with Crippen molar-refractivity contribution in [3.05, 3.63) is 58.6 Å². The SMILES string of the molecule is CCCCCCN(C(=O)C(CCSC)NC(=O)OC(C)(C)C)C(C(=O)Nc1c(C)cccc1Cl)c1cccc(O)c1. The summed E-state index contributed by atoms with van der Waals surface area (Å²) >= 11 is 7.98. The van der Waals surface area contributed by atoms with E-state index in [1.807, 2.05) is 19.2 Å². The molecule has 41 heavy (non-hydrogen) atoms. The average molecular weight is 606 g/mol. The number of carbonyl (C=O) groups is 3. The zero-order chi connectivity index (χ0) is 30.6. The van der Waals surface area contributed by atoms with Gasteiger partial charge in [0.2, 0.25) is 5.91 Å². The maximum Gasteiger partial charge on any atom is 0.408 e. The third-order valence-corrected chi connectivity index (χ3v) is 7.31. The van der Waals surface area contributed by atoms with E-state index in [0.29, 0.717) is 34.9 Å². The van der Waals surface area contributed by atoms with Crippen LogP contribution in [-0.2, 0) is 14.3 Å². The molecule has 2 rings (SSSR count). The van der Waals surface area contributed by atoms with E-state index in [4.69, 9.17) is 16.3 Å². The highest BCUT2D eigenvalue weighted by molar-refractivity contribution is 7.98. The second kappa shape index (κ2) is 16.5. The zero-order valence-electron chi connectivity index (χ0n) is 25.0. The van der Waals surface area contributed by atoms with E-state index in [-0.39, 0.29) is 12.3 Å². The number of para-hydroxylation sites is 1. The quantitative estimate of drug-likeness (QED) is 0.198. The Morgan fingerprint density at radius 1 is 1.10 bits per heavy atom. The minimum absolute atomic E-state index is 0.0292. The molecular weight excluding hydrogens is 562 g/mol. The summed E-state index contributed by atoms with van der Waals surface area (Å²) < 4.78 is 5.45. The first-order valence-corrected chi connectivity index (χ1v) is 15.8. The summed E-state index contributed by atoms with van der Waals surface area (Å²) in [5.41, 5.74) is 0.921. The van der Waals surface area contributed by atoms with E-state index < -0.39 is 35.6 Å². The molecule has 0 heterocycles. The van der Waals surface area contributed by atoms with E-state index >= 15 is 0 Å². The van der Waals surface area contributed by atoms with Crippen molar-refractivity contribution in [2.24, 2.45) is 0 Å². The first-order valence-electron chi connectivity index (χ1n) is 14.0. The minimum atomic E-state index is -1.09. The van der Waals surface area contributed by atoms with Gasteiger partial charge in [-0.3, -0.25) is 9.59 Å². The van der Waals surface area contributed by atoms with Crippen LogP contribution in [0.1, 0.15) is 77.0 Å². The lowest BCUT2D eigenvalue weighted by Crippen LogP contribution is -2.52. The largest absolute Gasteiger partial charge is 0.508 e. The topological polar surface area (TPSA) is 108 Å². The van der Waals surface area contributed by atoms with Crippen LogP contribution >= 0.6 is 23.4 Å². The Hall–Kier alpha value is -2.91. The van der Waals surface area contributed by atoms with Crippen molar-refractivity contribution in [1.29, 1.82) is 0 Å². The Morgan fingerprint density at radius 3 is 2.41 bits per heavy atom. The monoisotopic (exact) mass is 605 g/mol. The van der Waals surface area contributed by atoms with Crippen LogP contribution in [0.5, 0.6) is 5.75 Å². The number of nitrogens with one attached hydrogen (secondary N) is 2. The van der Waals surface area contributed by atoms with Gasteiger partial charge in [-0.15, -0.1) is 0 Å². The van der Waals surface area contributed by atoms with Crippen LogP contribution in [0.3, 0.4) is 0 Å². The highest BCUT2D eigenvalue weighted by Gasteiger charge is 2.36. The molecule has 2 aromatic rings. The normalized spacial score (nSPS) is 12.8. The van der Waals surface area contributed by atoms with E-state index in [2.05, 4.69) is 17.6 Å². The number of halogens is 1. The van der Waals surface area contributed by atoms with Gasteiger partial charge in [0, 0.05) is 6.54 Å². The average Bonchev–Trinajstić information content (AvgIpc) is 2.89. The fourth-order valence-corrected chi connectivity index (χ4v) is 5.11. The van der Waals surface area contributed by atoms with Crippen molar-refractivity contribution in [3.63, 3.8) is 0 Å². The molecule has 0 aliphatic carbocycles. The van der Waals surface area contributed by atoms with Crippen molar-refractivity contribution in [2.45, 2.75) is 84.4 Å². The molecule has 0 saturated heterocycles. The number of hydrogen-bond donors (Lipinski definition) is 3. The molecule has 10 heteroatoms. The maximum atomic E-state index is 14.3. The van der Waals surface area contributed by atoms with Gasteiger partial charge >= 0.3 is 6.09 Å². The summed E-state index contributed by atoms with van der Waals surface area (Å²) in [7, 11) is 0. The molecule has 2 aromatic carbocycles. The second-order valence-electron chi connectivity index (χ2n) is 11.0.